The van der Waals surface area contributed by atoms with Crippen molar-refractivity contribution in [2.24, 2.45) is 5.92 Å². The van der Waals surface area contributed by atoms with Crippen molar-refractivity contribution in [3.8, 4) is 17.2 Å². The van der Waals surface area contributed by atoms with Gasteiger partial charge in [-0.15, -0.1) is 0 Å². The minimum absolute atomic E-state index is 0.00191. The molecule has 3 atom stereocenters. The predicted molar refractivity (Wildman–Crippen MR) is 100 cm³/mol. The molecule has 0 spiro atoms. The van der Waals surface area contributed by atoms with Gasteiger partial charge in [0.15, 0.2) is 0 Å². The van der Waals surface area contributed by atoms with Crippen LogP contribution < -0.4 is 0 Å². The molecule has 4 rings (SSSR count). The standard InChI is InChI=1S/C23H18F3N/c1-2-17-22(25)11-20-18-7-5-13(9-15(18)6-8-19(20)23(17)26)14-3-4-16(12-27)21(24)10-14/h3-10,17,22-23H,2,11H2,1H3. The summed E-state index contributed by atoms with van der Waals surface area (Å²) in [6.45, 7) is 1.82. The van der Waals surface area contributed by atoms with Crippen LogP contribution in [0, 0.1) is 23.1 Å². The van der Waals surface area contributed by atoms with Crippen LogP contribution in [0.1, 0.15) is 36.2 Å². The van der Waals surface area contributed by atoms with E-state index in [4.69, 9.17) is 5.26 Å². The summed E-state index contributed by atoms with van der Waals surface area (Å²) < 4.78 is 43.2. The van der Waals surface area contributed by atoms with Gasteiger partial charge in [0.2, 0.25) is 0 Å². The molecule has 0 saturated heterocycles. The SMILES string of the molecule is CCC1C(F)Cc2c(ccc3cc(-c4ccc(C#N)c(F)c4)ccc23)C1F. The molecule has 1 aliphatic carbocycles. The highest BCUT2D eigenvalue weighted by Gasteiger charge is 2.36. The van der Waals surface area contributed by atoms with Crippen molar-refractivity contribution in [2.75, 3.05) is 0 Å². The van der Waals surface area contributed by atoms with E-state index in [2.05, 4.69) is 0 Å². The number of nitrogens with zero attached hydrogens (tertiary/aromatic N) is 1. The Morgan fingerprint density at radius 2 is 1.78 bits per heavy atom. The first-order valence-corrected chi connectivity index (χ1v) is 9.07. The van der Waals surface area contributed by atoms with Gasteiger partial charge in [0.1, 0.15) is 24.2 Å². The van der Waals surface area contributed by atoms with Crippen molar-refractivity contribution in [2.45, 2.75) is 32.1 Å². The van der Waals surface area contributed by atoms with E-state index < -0.39 is 24.1 Å². The molecular formula is C23H18F3N. The zero-order valence-corrected chi connectivity index (χ0v) is 14.8. The number of hydrogen-bond donors (Lipinski definition) is 0. The summed E-state index contributed by atoms with van der Waals surface area (Å²) in [6, 6.07) is 15.5. The average molecular weight is 365 g/mol. The number of halogens is 3. The zero-order chi connectivity index (χ0) is 19.1. The van der Waals surface area contributed by atoms with Crippen LogP contribution in [0.3, 0.4) is 0 Å². The summed E-state index contributed by atoms with van der Waals surface area (Å²) in [5.74, 6) is -1.15. The lowest BCUT2D eigenvalue weighted by atomic mass is 9.78. The molecule has 1 aliphatic rings. The van der Waals surface area contributed by atoms with E-state index >= 15 is 0 Å². The molecule has 0 aromatic heterocycles. The minimum Gasteiger partial charge on any atom is -0.247 e. The van der Waals surface area contributed by atoms with Crippen LogP contribution in [0.4, 0.5) is 13.2 Å². The Hall–Kier alpha value is -2.80. The third-order valence-corrected chi connectivity index (χ3v) is 5.60. The Morgan fingerprint density at radius 3 is 2.48 bits per heavy atom. The van der Waals surface area contributed by atoms with Crippen LogP contribution >= 0.6 is 0 Å². The number of hydrogen-bond acceptors (Lipinski definition) is 1. The first-order valence-electron chi connectivity index (χ1n) is 9.07. The number of rotatable bonds is 2. The van der Waals surface area contributed by atoms with Crippen LogP contribution in [0.5, 0.6) is 0 Å². The quantitative estimate of drug-likeness (QED) is 0.512. The second-order valence-electron chi connectivity index (χ2n) is 7.07. The van der Waals surface area contributed by atoms with E-state index in [1.807, 2.05) is 37.3 Å². The van der Waals surface area contributed by atoms with Crippen molar-refractivity contribution in [3.63, 3.8) is 0 Å². The van der Waals surface area contributed by atoms with Gasteiger partial charge >= 0.3 is 0 Å². The lowest BCUT2D eigenvalue weighted by Gasteiger charge is -2.31. The fraction of sp³-hybridized carbons (Fsp3) is 0.261. The summed E-state index contributed by atoms with van der Waals surface area (Å²) in [4.78, 5) is 0. The smallest absolute Gasteiger partial charge is 0.141 e. The van der Waals surface area contributed by atoms with Gasteiger partial charge in [-0.3, -0.25) is 0 Å². The normalized spacial score (nSPS) is 21.7. The molecule has 0 bridgehead atoms. The third-order valence-electron chi connectivity index (χ3n) is 5.60. The second-order valence-corrected chi connectivity index (χ2v) is 7.07. The van der Waals surface area contributed by atoms with Crippen molar-refractivity contribution in [1.29, 1.82) is 5.26 Å². The zero-order valence-electron chi connectivity index (χ0n) is 14.8. The molecule has 4 heteroatoms. The fourth-order valence-corrected chi connectivity index (χ4v) is 4.09. The van der Waals surface area contributed by atoms with Gasteiger partial charge in [0, 0.05) is 12.3 Å². The molecule has 136 valence electrons. The van der Waals surface area contributed by atoms with Crippen molar-refractivity contribution < 1.29 is 13.2 Å². The fourth-order valence-electron chi connectivity index (χ4n) is 4.09. The average Bonchev–Trinajstić information content (AvgIpc) is 2.67. The van der Waals surface area contributed by atoms with E-state index in [-0.39, 0.29) is 12.0 Å². The summed E-state index contributed by atoms with van der Waals surface area (Å²) in [7, 11) is 0. The second kappa shape index (κ2) is 6.74. The van der Waals surface area contributed by atoms with Gasteiger partial charge in [0.25, 0.3) is 0 Å². The third kappa shape index (κ3) is 2.88. The molecule has 0 heterocycles. The molecule has 27 heavy (non-hydrogen) atoms. The highest BCUT2D eigenvalue weighted by atomic mass is 19.1. The maximum absolute atomic E-state index is 14.8. The monoisotopic (exact) mass is 365 g/mol. The number of alkyl halides is 2. The van der Waals surface area contributed by atoms with Gasteiger partial charge in [0.05, 0.1) is 5.56 Å². The van der Waals surface area contributed by atoms with Gasteiger partial charge in [-0.1, -0.05) is 37.3 Å². The Bertz CT molecular complexity index is 1070. The largest absolute Gasteiger partial charge is 0.247 e. The number of nitriles is 1. The molecule has 0 amide bonds. The van der Waals surface area contributed by atoms with Gasteiger partial charge in [-0.05, 0) is 57.6 Å². The summed E-state index contributed by atoms with van der Waals surface area (Å²) in [5.41, 5.74) is 2.77. The minimum atomic E-state index is -1.29. The molecular weight excluding hydrogens is 347 g/mol. The molecule has 0 saturated carbocycles. The van der Waals surface area contributed by atoms with E-state index in [9.17, 15) is 13.2 Å². The maximum atomic E-state index is 14.8. The molecule has 3 unspecified atom stereocenters. The van der Waals surface area contributed by atoms with Crippen molar-refractivity contribution in [3.05, 3.63) is 71.0 Å². The lowest BCUT2D eigenvalue weighted by Crippen LogP contribution is -2.28. The van der Waals surface area contributed by atoms with Crippen LogP contribution in [-0.2, 0) is 6.42 Å². The van der Waals surface area contributed by atoms with E-state index in [0.717, 1.165) is 21.9 Å². The van der Waals surface area contributed by atoms with Crippen LogP contribution in [-0.4, -0.2) is 6.17 Å². The van der Waals surface area contributed by atoms with Crippen molar-refractivity contribution in [1.82, 2.24) is 0 Å². The van der Waals surface area contributed by atoms with E-state index in [0.29, 0.717) is 17.5 Å². The number of benzene rings is 3. The molecule has 0 radical (unpaired) electrons. The van der Waals surface area contributed by atoms with Crippen LogP contribution in [0.25, 0.3) is 21.9 Å². The first kappa shape index (κ1) is 17.6. The van der Waals surface area contributed by atoms with Gasteiger partial charge in [-0.25, -0.2) is 13.2 Å². The predicted octanol–water partition coefficient (Wildman–Crippen LogP) is 6.45. The summed E-state index contributed by atoms with van der Waals surface area (Å²) >= 11 is 0. The van der Waals surface area contributed by atoms with Gasteiger partial charge in [-0.2, -0.15) is 5.26 Å². The number of fused-ring (bicyclic) bond motifs is 3. The topological polar surface area (TPSA) is 23.8 Å². The van der Waals surface area contributed by atoms with Crippen molar-refractivity contribution >= 4 is 10.8 Å². The Morgan fingerprint density at radius 1 is 1.04 bits per heavy atom. The molecule has 3 aromatic carbocycles. The Labute approximate surface area is 156 Å². The Kier molecular flexibility index (Phi) is 4.39. The van der Waals surface area contributed by atoms with Crippen LogP contribution in [0.2, 0.25) is 0 Å². The molecule has 0 aliphatic heterocycles. The molecule has 0 fully saturated rings. The van der Waals surface area contributed by atoms with Gasteiger partial charge < -0.3 is 0 Å². The summed E-state index contributed by atoms with van der Waals surface area (Å²) in [6.07, 6.45) is -1.78. The summed E-state index contributed by atoms with van der Waals surface area (Å²) in [5, 5.41) is 10.6. The van der Waals surface area contributed by atoms with E-state index in [1.54, 1.807) is 12.1 Å². The highest BCUT2D eigenvalue weighted by Crippen LogP contribution is 2.43. The first-order chi connectivity index (χ1) is 13.0. The highest BCUT2D eigenvalue weighted by molar-refractivity contribution is 5.91. The van der Waals surface area contributed by atoms with Crippen LogP contribution in [0.15, 0.2) is 48.5 Å². The molecule has 1 nitrogen and oxygen atoms in total. The molecule has 3 aromatic rings. The van der Waals surface area contributed by atoms with E-state index in [1.165, 1.54) is 12.1 Å². The maximum Gasteiger partial charge on any atom is 0.141 e. The lowest BCUT2D eigenvalue weighted by molar-refractivity contribution is 0.107. The molecule has 0 N–H and O–H groups in total. The Balaban J connectivity index is 1.81.